The molecule has 2 nitrogen and oxygen atoms in total. The van der Waals surface area contributed by atoms with Crippen LogP contribution in [0.5, 0.6) is 0 Å². The molecule has 1 heterocycles. The highest BCUT2D eigenvalue weighted by atomic mass is 19.1. The van der Waals surface area contributed by atoms with Gasteiger partial charge in [0.25, 0.3) is 0 Å². The smallest absolute Gasteiger partial charge is 0.131 e. The number of rotatable bonds is 4. The molecule has 4 rings (SSSR count). The summed E-state index contributed by atoms with van der Waals surface area (Å²) in [6, 6.07) is 18.9. The number of β-amino-alcohol motifs (C(OH)–C–C–N with tert-alkyl or cyclic N) is 1. The van der Waals surface area contributed by atoms with Crippen LogP contribution in [-0.2, 0) is 6.54 Å². The van der Waals surface area contributed by atoms with Crippen LogP contribution in [0, 0.1) is 11.6 Å². The van der Waals surface area contributed by atoms with Crippen LogP contribution in [0.25, 0.3) is 22.3 Å². The summed E-state index contributed by atoms with van der Waals surface area (Å²) in [5.41, 5.74) is 3.23. The van der Waals surface area contributed by atoms with Gasteiger partial charge in [0.1, 0.15) is 11.6 Å². The second kappa shape index (κ2) is 7.59. The second-order valence-corrected chi connectivity index (χ2v) is 6.98. The minimum atomic E-state index is -0.330. The number of nitrogens with zero attached hydrogens (tertiary/aromatic N) is 1. The molecule has 1 saturated heterocycles. The predicted molar refractivity (Wildman–Crippen MR) is 103 cm³/mol. The second-order valence-electron chi connectivity index (χ2n) is 6.98. The van der Waals surface area contributed by atoms with Crippen molar-refractivity contribution in [2.75, 3.05) is 13.1 Å². The van der Waals surface area contributed by atoms with Gasteiger partial charge in [-0.25, -0.2) is 8.78 Å². The summed E-state index contributed by atoms with van der Waals surface area (Å²) in [7, 11) is 0. The summed E-state index contributed by atoms with van der Waals surface area (Å²) in [4.78, 5) is 2.15. The third kappa shape index (κ3) is 3.64. The fourth-order valence-corrected chi connectivity index (χ4v) is 3.81. The molecule has 0 radical (unpaired) electrons. The number of benzene rings is 3. The summed E-state index contributed by atoms with van der Waals surface area (Å²) in [5.74, 6) is -0.659. The van der Waals surface area contributed by atoms with Crippen molar-refractivity contribution in [1.29, 1.82) is 0 Å². The maximum atomic E-state index is 14.7. The molecule has 3 aromatic rings. The van der Waals surface area contributed by atoms with E-state index in [1.807, 2.05) is 18.2 Å². The van der Waals surface area contributed by atoms with Gasteiger partial charge in [-0.3, -0.25) is 4.90 Å². The third-order valence-electron chi connectivity index (χ3n) is 5.10. The fourth-order valence-electron chi connectivity index (χ4n) is 3.81. The predicted octanol–water partition coefficient (Wildman–Crippen LogP) is 4.87. The molecule has 27 heavy (non-hydrogen) atoms. The van der Waals surface area contributed by atoms with E-state index in [1.54, 1.807) is 36.4 Å². The lowest BCUT2D eigenvalue weighted by molar-refractivity contribution is 0.175. The molecule has 0 aliphatic carbocycles. The molecule has 138 valence electrons. The number of likely N-dealkylation sites (tertiary alicyclic amines) is 1. The van der Waals surface area contributed by atoms with Gasteiger partial charge in [0.05, 0.1) is 6.10 Å². The number of aliphatic hydroxyl groups is 1. The molecular formula is C23H21F2NO. The van der Waals surface area contributed by atoms with E-state index in [2.05, 4.69) is 4.90 Å². The highest BCUT2D eigenvalue weighted by Gasteiger charge is 2.23. The average molecular weight is 365 g/mol. The van der Waals surface area contributed by atoms with Crippen molar-refractivity contribution < 1.29 is 13.9 Å². The summed E-state index contributed by atoms with van der Waals surface area (Å²) < 4.78 is 29.2. The minimum absolute atomic E-state index is 0.323. The van der Waals surface area contributed by atoms with E-state index in [1.165, 1.54) is 12.1 Å². The van der Waals surface area contributed by atoms with Crippen LogP contribution < -0.4 is 0 Å². The van der Waals surface area contributed by atoms with Crippen LogP contribution in [0.2, 0.25) is 0 Å². The van der Waals surface area contributed by atoms with E-state index >= 15 is 0 Å². The Morgan fingerprint density at radius 2 is 1.44 bits per heavy atom. The first kappa shape index (κ1) is 17.8. The van der Waals surface area contributed by atoms with Crippen LogP contribution in [-0.4, -0.2) is 29.2 Å². The molecule has 1 atom stereocenters. The quantitative estimate of drug-likeness (QED) is 0.713. The van der Waals surface area contributed by atoms with Crippen LogP contribution in [0.15, 0.2) is 66.7 Å². The zero-order valence-corrected chi connectivity index (χ0v) is 14.9. The lowest BCUT2D eigenvalue weighted by Gasteiger charge is -2.21. The standard InChI is InChI=1S/C23H21F2NO/c24-21-10-3-1-7-18(21)19-9-5-6-16(14-26-13-12-17(27)15-26)23(19)20-8-2-4-11-22(20)25/h1-11,17,27H,12-15H2. The monoisotopic (exact) mass is 365 g/mol. The molecule has 4 heteroatoms. The van der Waals surface area contributed by atoms with Crippen molar-refractivity contribution >= 4 is 0 Å². The summed E-state index contributed by atoms with van der Waals surface area (Å²) in [6.07, 6.45) is 0.416. The Morgan fingerprint density at radius 1 is 0.815 bits per heavy atom. The highest BCUT2D eigenvalue weighted by Crippen LogP contribution is 2.38. The van der Waals surface area contributed by atoms with Gasteiger partial charge in [0, 0.05) is 30.8 Å². The molecule has 0 spiro atoms. The van der Waals surface area contributed by atoms with Gasteiger partial charge in [-0.1, -0.05) is 54.6 Å². The molecule has 1 aliphatic rings. The van der Waals surface area contributed by atoms with Crippen LogP contribution in [0.1, 0.15) is 12.0 Å². The first-order valence-corrected chi connectivity index (χ1v) is 9.15. The maximum absolute atomic E-state index is 14.7. The van der Waals surface area contributed by atoms with E-state index < -0.39 is 0 Å². The van der Waals surface area contributed by atoms with Gasteiger partial charge in [0.2, 0.25) is 0 Å². The van der Waals surface area contributed by atoms with Crippen LogP contribution >= 0.6 is 0 Å². The summed E-state index contributed by atoms with van der Waals surface area (Å²) in [6.45, 7) is 1.98. The number of hydrogen-bond acceptors (Lipinski definition) is 2. The molecule has 1 unspecified atom stereocenters. The Balaban J connectivity index is 1.88. The van der Waals surface area contributed by atoms with Gasteiger partial charge in [-0.2, -0.15) is 0 Å². The van der Waals surface area contributed by atoms with E-state index in [9.17, 15) is 13.9 Å². The Hall–Kier alpha value is -2.56. The Labute approximate surface area is 157 Å². The SMILES string of the molecule is OC1CCN(Cc2cccc(-c3ccccc3F)c2-c2ccccc2F)C1. The summed E-state index contributed by atoms with van der Waals surface area (Å²) >= 11 is 0. The van der Waals surface area contributed by atoms with Crippen LogP contribution in [0.3, 0.4) is 0 Å². The number of hydrogen-bond donors (Lipinski definition) is 1. The maximum Gasteiger partial charge on any atom is 0.131 e. The molecule has 1 N–H and O–H groups in total. The molecule has 1 aliphatic heterocycles. The van der Waals surface area contributed by atoms with Gasteiger partial charge in [-0.15, -0.1) is 0 Å². The largest absolute Gasteiger partial charge is 0.392 e. The summed E-state index contributed by atoms with van der Waals surface area (Å²) in [5, 5.41) is 9.83. The normalized spacial score (nSPS) is 17.4. The molecule has 0 saturated carbocycles. The fraction of sp³-hybridized carbons (Fsp3) is 0.217. The number of aliphatic hydroxyl groups excluding tert-OH is 1. The zero-order valence-electron chi connectivity index (χ0n) is 14.9. The number of halogens is 2. The Kier molecular flexibility index (Phi) is 5.01. The molecule has 0 aromatic heterocycles. The topological polar surface area (TPSA) is 23.5 Å². The molecular weight excluding hydrogens is 344 g/mol. The van der Waals surface area contributed by atoms with Crippen molar-refractivity contribution in [3.05, 3.63) is 83.9 Å². The van der Waals surface area contributed by atoms with Crippen LogP contribution in [0.4, 0.5) is 8.78 Å². The first-order chi connectivity index (χ1) is 13.1. The van der Waals surface area contributed by atoms with Gasteiger partial charge in [-0.05, 0) is 35.2 Å². The lowest BCUT2D eigenvalue weighted by Crippen LogP contribution is -2.22. The van der Waals surface area contributed by atoms with E-state index in [0.29, 0.717) is 35.3 Å². The molecule has 0 amide bonds. The van der Waals surface area contributed by atoms with Crippen molar-refractivity contribution in [3.63, 3.8) is 0 Å². The van der Waals surface area contributed by atoms with Crippen molar-refractivity contribution in [3.8, 4) is 22.3 Å². The van der Waals surface area contributed by atoms with Gasteiger partial charge < -0.3 is 5.11 Å². The van der Waals surface area contributed by atoms with E-state index in [-0.39, 0.29) is 17.7 Å². The molecule has 3 aromatic carbocycles. The van der Waals surface area contributed by atoms with Crippen molar-refractivity contribution in [2.24, 2.45) is 0 Å². The first-order valence-electron chi connectivity index (χ1n) is 9.15. The minimum Gasteiger partial charge on any atom is -0.392 e. The van der Waals surface area contributed by atoms with E-state index in [4.69, 9.17) is 0 Å². The van der Waals surface area contributed by atoms with Gasteiger partial charge >= 0.3 is 0 Å². The molecule has 1 fully saturated rings. The van der Waals surface area contributed by atoms with Gasteiger partial charge in [0.15, 0.2) is 0 Å². The van der Waals surface area contributed by atoms with E-state index in [0.717, 1.165) is 18.5 Å². The average Bonchev–Trinajstić information content (AvgIpc) is 3.08. The molecule has 0 bridgehead atoms. The Bertz CT molecular complexity index is 957. The third-order valence-corrected chi connectivity index (χ3v) is 5.10. The highest BCUT2D eigenvalue weighted by molar-refractivity contribution is 5.86. The lowest BCUT2D eigenvalue weighted by atomic mass is 9.89. The Morgan fingerprint density at radius 3 is 2.07 bits per heavy atom. The van der Waals surface area contributed by atoms with Crippen molar-refractivity contribution in [2.45, 2.75) is 19.1 Å². The van der Waals surface area contributed by atoms with Crippen molar-refractivity contribution in [1.82, 2.24) is 4.90 Å². The zero-order chi connectivity index (χ0) is 18.8.